The summed E-state index contributed by atoms with van der Waals surface area (Å²) in [5.74, 6) is 0. The molecular formula is C17H14O3S. The van der Waals surface area contributed by atoms with Gasteiger partial charge in [-0.15, -0.1) is 0 Å². The molecule has 0 bridgehead atoms. The fraction of sp³-hybridized carbons (Fsp3) is 0.0588. The zero-order valence-corrected chi connectivity index (χ0v) is 12.3. The van der Waals surface area contributed by atoms with Crippen LogP contribution in [0.4, 0.5) is 0 Å². The van der Waals surface area contributed by atoms with Gasteiger partial charge in [-0.2, -0.15) is 8.42 Å². The van der Waals surface area contributed by atoms with Crippen molar-refractivity contribution in [1.82, 2.24) is 0 Å². The second kappa shape index (κ2) is 4.98. The first-order chi connectivity index (χ1) is 9.93. The van der Waals surface area contributed by atoms with Crippen molar-refractivity contribution >= 4 is 20.9 Å². The van der Waals surface area contributed by atoms with Gasteiger partial charge in [0.05, 0.1) is 4.90 Å². The van der Waals surface area contributed by atoms with E-state index in [0.717, 1.165) is 21.9 Å². The maximum Gasteiger partial charge on any atom is 0.294 e. The van der Waals surface area contributed by atoms with Gasteiger partial charge in [0, 0.05) is 0 Å². The summed E-state index contributed by atoms with van der Waals surface area (Å²) in [5.41, 5.74) is 3.39. The Kier molecular flexibility index (Phi) is 3.27. The summed E-state index contributed by atoms with van der Waals surface area (Å²) >= 11 is 0. The number of fused-ring (bicyclic) bond motifs is 1. The lowest BCUT2D eigenvalue weighted by molar-refractivity contribution is 0.483. The van der Waals surface area contributed by atoms with Crippen molar-refractivity contribution in [3.8, 4) is 11.1 Å². The van der Waals surface area contributed by atoms with Crippen LogP contribution in [0.15, 0.2) is 65.6 Å². The van der Waals surface area contributed by atoms with Crippen LogP contribution >= 0.6 is 0 Å². The number of rotatable bonds is 2. The maximum absolute atomic E-state index is 11.2. The number of hydrogen-bond acceptors (Lipinski definition) is 2. The molecule has 0 aliphatic rings. The monoisotopic (exact) mass is 298 g/mol. The highest BCUT2D eigenvalue weighted by molar-refractivity contribution is 7.85. The SMILES string of the molecule is Cc1ccc(-c2ccc3cc(S(=O)(=O)O)ccc3c2)cc1. The molecule has 0 radical (unpaired) electrons. The van der Waals surface area contributed by atoms with Crippen molar-refractivity contribution in [2.75, 3.05) is 0 Å². The van der Waals surface area contributed by atoms with Crippen molar-refractivity contribution < 1.29 is 13.0 Å². The molecule has 0 unspecified atom stereocenters. The van der Waals surface area contributed by atoms with Crippen LogP contribution < -0.4 is 0 Å². The molecule has 0 spiro atoms. The first kappa shape index (κ1) is 13.8. The van der Waals surface area contributed by atoms with Crippen LogP contribution in [0.2, 0.25) is 0 Å². The Bertz CT molecular complexity index is 910. The summed E-state index contributed by atoms with van der Waals surface area (Å²) in [5, 5.41) is 1.71. The van der Waals surface area contributed by atoms with E-state index in [2.05, 4.69) is 24.3 Å². The third-order valence-corrected chi connectivity index (χ3v) is 4.34. The molecule has 0 atom stereocenters. The van der Waals surface area contributed by atoms with Gasteiger partial charge in [0.15, 0.2) is 0 Å². The van der Waals surface area contributed by atoms with Crippen LogP contribution in [0.3, 0.4) is 0 Å². The molecule has 3 aromatic rings. The molecular weight excluding hydrogens is 284 g/mol. The van der Waals surface area contributed by atoms with Crippen LogP contribution in [0.1, 0.15) is 5.56 Å². The number of hydrogen-bond donors (Lipinski definition) is 1. The number of aryl methyl sites for hydroxylation is 1. The molecule has 106 valence electrons. The van der Waals surface area contributed by atoms with Crippen molar-refractivity contribution in [1.29, 1.82) is 0 Å². The van der Waals surface area contributed by atoms with Crippen molar-refractivity contribution in [2.24, 2.45) is 0 Å². The van der Waals surface area contributed by atoms with Gasteiger partial charge in [0.1, 0.15) is 0 Å². The van der Waals surface area contributed by atoms with Crippen LogP contribution in [-0.2, 0) is 10.1 Å². The van der Waals surface area contributed by atoms with E-state index in [-0.39, 0.29) is 4.90 Å². The molecule has 3 nitrogen and oxygen atoms in total. The second-order valence-corrected chi connectivity index (χ2v) is 6.49. The van der Waals surface area contributed by atoms with Gasteiger partial charge in [-0.3, -0.25) is 4.55 Å². The van der Waals surface area contributed by atoms with Gasteiger partial charge in [-0.1, -0.05) is 48.0 Å². The Balaban J connectivity index is 2.11. The fourth-order valence-electron chi connectivity index (χ4n) is 2.31. The van der Waals surface area contributed by atoms with E-state index in [9.17, 15) is 8.42 Å². The lowest BCUT2D eigenvalue weighted by atomic mass is 10.0. The van der Waals surface area contributed by atoms with Crippen molar-refractivity contribution in [3.63, 3.8) is 0 Å². The highest BCUT2D eigenvalue weighted by atomic mass is 32.2. The number of benzene rings is 3. The van der Waals surface area contributed by atoms with Gasteiger partial charge in [-0.05, 0) is 47.0 Å². The molecule has 0 aliphatic heterocycles. The fourth-order valence-corrected chi connectivity index (χ4v) is 2.83. The second-order valence-electron chi connectivity index (χ2n) is 5.06. The zero-order valence-electron chi connectivity index (χ0n) is 11.4. The summed E-state index contributed by atoms with van der Waals surface area (Å²) < 4.78 is 31.4. The lowest BCUT2D eigenvalue weighted by Crippen LogP contribution is -1.97. The van der Waals surface area contributed by atoms with E-state index < -0.39 is 10.1 Å². The van der Waals surface area contributed by atoms with Gasteiger partial charge in [-0.25, -0.2) is 0 Å². The Morgan fingerprint density at radius 2 is 1.33 bits per heavy atom. The largest absolute Gasteiger partial charge is 0.294 e. The summed E-state index contributed by atoms with van der Waals surface area (Å²) in [6.45, 7) is 2.04. The molecule has 0 saturated carbocycles. The molecule has 3 rings (SSSR count). The quantitative estimate of drug-likeness (QED) is 0.726. The van der Waals surface area contributed by atoms with Gasteiger partial charge < -0.3 is 0 Å². The van der Waals surface area contributed by atoms with Gasteiger partial charge >= 0.3 is 0 Å². The average molecular weight is 298 g/mol. The standard InChI is InChI=1S/C17H14O3S/c1-12-2-4-13(5-3-12)14-6-7-16-11-17(21(18,19)20)9-8-15(16)10-14/h2-11H,1H3,(H,18,19,20). The summed E-state index contributed by atoms with van der Waals surface area (Å²) in [7, 11) is -4.16. The van der Waals surface area contributed by atoms with Gasteiger partial charge in [0.25, 0.3) is 10.1 Å². The Labute approximate surface area is 123 Å². The van der Waals surface area contributed by atoms with E-state index in [0.29, 0.717) is 0 Å². The Morgan fingerprint density at radius 3 is 2.00 bits per heavy atom. The summed E-state index contributed by atoms with van der Waals surface area (Å²) in [6.07, 6.45) is 0. The maximum atomic E-state index is 11.2. The first-order valence-electron chi connectivity index (χ1n) is 6.52. The normalized spacial score (nSPS) is 11.7. The van der Waals surface area contributed by atoms with E-state index in [4.69, 9.17) is 4.55 Å². The molecule has 0 fully saturated rings. The highest BCUT2D eigenvalue weighted by Crippen LogP contribution is 2.26. The smallest absolute Gasteiger partial charge is 0.282 e. The Hall–Kier alpha value is -2.17. The van der Waals surface area contributed by atoms with Crippen LogP contribution in [0.5, 0.6) is 0 Å². The minimum Gasteiger partial charge on any atom is -0.282 e. The molecule has 1 N–H and O–H groups in total. The van der Waals surface area contributed by atoms with E-state index in [1.54, 1.807) is 6.07 Å². The predicted octanol–water partition coefficient (Wildman–Crippen LogP) is 4.06. The molecule has 0 amide bonds. The average Bonchev–Trinajstić information content (AvgIpc) is 2.46. The van der Waals surface area contributed by atoms with Gasteiger partial charge in [0.2, 0.25) is 0 Å². The Morgan fingerprint density at radius 1 is 0.762 bits per heavy atom. The molecule has 0 heterocycles. The third-order valence-electron chi connectivity index (χ3n) is 3.49. The molecule has 3 aromatic carbocycles. The van der Waals surface area contributed by atoms with Crippen molar-refractivity contribution in [2.45, 2.75) is 11.8 Å². The van der Waals surface area contributed by atoms with Crippen LogP contribution in [0, 0.1) is 6.92 Å². The highest BCUT2D eigenvalue weighted by Gasteiger charge is 2.10. The lowest BCUT2D eigenvalue weighted by Gasteiger charge is -2.06. The summed E-state index contributed by atoms with van der Waals surface area (Å²) in [6, 6.07) is 18.6. The topological polar surface area (TPSA) is 54.4 Å². The van der Waals surface area contributed by atoms with Crippen molar-refractivity contribution in [3.05, 3.63) is 66.2 Å². The van der Waals surface area contributed by atoms with E-state index >= 15 is 0 Å². The first-order valence-corrected chi connectivity index (χ1v) is 7.96. The van der Waals surface area contributed by atoms with Crippen LogP contribution in [-0.4, -0.2) is 13.0 Å². The van der Waals surface area contributed by atoms with Crippen LogP contribution in [0.25, 0.3) is 21.9 Å². The molecule has 4 heteroatoms. The summed E-state index contributed by atoms with van der Waals surface area (Å²) in [4.78, 5) is -0.0851. The predicted molar refractivity (Wildman–Crippen MR) is 83.9 cm³/mol. The molecule has 0 aromatic heterocycles. The minimum atomic E-state index is -4.16. The third kappa shape index (κ3) is 2.82. The molecule has 0 saturated heterocycles. The van der Waals surface area contributed by atoms with E-state index in [1.165, 1.54) is 17.7 Å². The minimum absolute atomic E-state index is 0.0851. The van der Waals surface area contributed by atoms with E-state index in [1.807, 2.05) is 25.1 Å². The molecule has 21 heavy (non-hydrogen) atoms. The molecule has 0 aliphatic carbocycles. The zero-order chi connectivity index (χ0) is 15.0.